The van der Waals surface area contributed by atoms with Gasteiger partial charge in [0.2, 0.25) is 0 Å². The van der Waals surface area contributed by atoms with Crippen molar-refractivity contribution in [3.05, 3.63) is 11.6 Å². The maximum absolute atomic E-state index is 12.2. The first-order valence-electron chi connectivity index (χ1n) is 11.6. The van der Waals surface area contributed by atoms with Crippen LogP contribution in [0.3, 0.4) is 0 Å². The first-order chi connectivity index (χ1) is 12.9. The average Bonchev–Trinajstić information content (AvgIpc) is 2.99. The van der Waals surface area contributed by atoms with Gasteiger partial charge in [-0.1, -0.05) is 26.3 Å². The number of hydrogen-bond acceptors (Lipinski definition) is 2. The number of hydrogen-bond donors (Lipinski definition) is 0. The summed E-state index contributed by atoms with van der Waals surface area (Å²) in [5.74, 6) is 4.34. The summed E-state index contributed by atoms with van der Waals surface area (Å²) >= 11 is 0. The lowest BCUT2D eigenvalue weighted by atomic mass is 9.45. The van der Waals surface area contributed by atoms with Crippen LogP contribution in [0, 0.1) is 51.8 Å². The molecule has 0 aromatic carbocycles. The summed E-state index contributed by atoms with van der Waals surface area (Å²) in [4.78, 5) is 12.2. The van der Waals surface area contributed by atoms with E-state index in [0.29, 0.717) is 17.1 Å². The number of carbonyl (C=O) groups excluding carboxylic acids is 1. The normalized spacial score (nSPS) is 46.1. The molecule has 3 saturated carbocycles. The van der Waals surface area contributed by atoms with Crippen molar-refractivity contribution in [1.29, 1.82) is 5.26 Å². The van der Waals surface area contributed by atoms with Crippen molar-refractivity contribution in [3.63, 3.8) is 0 Å². The Morgan fingerprint density at radius 2 is 2.00 bits per heavy atom. The number of allylic oxidation sites excluding steroid dienone is 1. The average molecular weight is 368 g/mol. The summed E-state index contributed by atoms with van der Waals surface area (Å²) in [6.45, 7) is 7.43. The number of carbonyl (C=O) groups is 1. The van der Waals surface area contributed by atoms with Crippen LogP contribution >= 0.6 is 0 Å². The molecule has 7 atom stereocenters. The number of ketones is 1. The van der Waals surface area contributed by atoms with Crippen LogP contribution in [0.1, 0.15) is 91.4 Å². The van der Waals surface area contributed by atoms with Crippen LogP contribution in [-0.4, -0.2) is 5.78 Å². The minimum absolute atomic E-state index is 0.276. The molecule has 4 aliphatic carbocycles. The summed E-state index contributed by atoms with van der Waals surface area (Å²) < 4.78 is 0. The molecule has 4 aliphatic rings. The van der Waals surface area contributed by atoms with Crippen molar-refractivity contribution >= 4 is 5.78 Å². The molecule has 0 heterocycles. The quantitative estimate of drug-likeness (QED) is 0.535. The largest absolute Gasteiger partial charge is 0.295 e. The molecular weight excluding hydrogens is 330 g/mol. The van der Waals surface area contributed by atoms with Gasteiger partial charge in [-0.05, 0) is 104 Å². The predicted molar refractivity (Wildman–Crippen MR) is 109 cm³/mol. The topological polar surface area (TPSA) is 40.9 Å². The third kappa shape index (κ3) is 2.92. The van der Waals surface area contributed by atoms with E-state index in [2.05, 4.69) is 32.9 Å². The number of rotatable bonds is 4. The minimum Gasteiger partial charge on any atom is -0.295 e. The lowest BCUT2D eigenvalue weighted by Crippen LogP contribution is -2.52. The third-order valence-electron chi connectivity index (χ3n) is 9.65. The van der Waals surface area contributed by atoms with Crippen LogP contribution in [0.4, 0.5) is 0 Å². The lowest BCUT2D eigenvalue weighted by molar-refractivity contribution is -0.118. The second-order valence-electron chi connectivity index (χ2n) is 10.6. The van der Waals surface area contributed by atoms with Crippen LogP contribution in [0.5, 0.6) is 0 Å². The Labute approximate surface area is 165 Å². The van der Waals surface area contributed by atoms with E-state index in [-0.39, 0.29) is 5.41 Å². The molecule has 7 unspecified atom stereocenters. The Balaban J connectivity index is 1.61. The van der Waals surface area contributed by atoms with Crippen LogP contribution in [-0.2, 0) is 4.79 Å². The van der Waals surface area contributed by atoms with Gasteiger partial charge in [0.05, 0.1) is 6.07 Å². The molecule has 0 aromatic heterocycles. The Morgan fingerprint density at radius 1 is 1.19 bits per heavy atom. The zero-order valence-corrected chi connectivity index (χ0v) is 17.6. The van der Waals surface area contributed by atoms with Gasteiger partial charge in [0, 0.05) is 12.8 Å². The summed E-state index contributed by atoms with van der Waals surface area (Å²) in [5.41, 5.74) is 2.30. The molecule has 148 valence electrons. The van der Waals surface area contributed by atoms with E-state index in [1.165, 1.54) is 50.5 Å². The minimum atomic E-state index is 0.276. The first-order valence-corrected chi connectivity index (χ1v) is 11.6. The van der Waals surface area contributed by atoms with Gasteiger partial charge in [-0.3, -0.25) is 4.79 Å². The molecule has 0 amide bonds. The van der Waals surface area contributed by atoms with Gasteiger partial charge in [-0.2, -0.15) is 5.26 Å². The zero-order valence-electron chi connectivity index (χ0n) is 17.6. The smallest absolute Gasteiger partial charge is 0.155 e. The zero-order chi connectivity index (χ0) is 19.2. The highest BCUT2D eigenvalue weighted by Crippen LogP contribution is 2.68. The Hall–Kier alpha value is -1.10. The molecule has 27 heavy (non-hydrogen) atoms. The van der Waals surface area contributed by atoms with Crippen LogP contribution < -0.4 is 0 Å². The number of nitrogens with zero attached hydrogens (tertiary/aromatic N) is 1. The number of fused-ring (bicyclic) bond motifs is 5. The highest BCUT2D eigenvalue weighted by molar-refractivity contribution is 5.91. The molecule has 3 fully saturated rings. The van der Waals surface area contributed by atoms with Crippen molar-refractivity contribution in [1.82, 2.24) is 0 Å². The number of unbranched alkanes of at least 4 members (excludes halogenated alkanes) is 1. The third-order valence-corrected chi connectivity index (χ3v) is 9.65. The van der Waals surface area contributed by atoms with Crippen molar-refractivity contribution in [3.8, 4) is 6.07 Å². The van der Waals surface area contributed by atoms with E-state index in [9.17, 15) is 4.79 Å². The lowest BCUT2D eigenvalue weighted by Gasteiger charge is -2.60. The van der Waals surface area contributed by atoms with Crippen molar-refractivity contribution in [2.75, 3.05) is 0 Å². The molecular formula is C25H37NO. The van der Waals surface area contributed by atoms with E-state index in [4.69, 9.17) is 5.26 Å². The highest BCUT2D eigenvalue weighted by atomic mass is 16.1. The van der Waals surface area contributed by atoms with Gasteiger partial charge in [-0.15, -0.1) is 0 Å². The molecule has 0 spiro atoms. The fourth-order valence-electron chi connectivity index (χ4n) is 8.18. The van der Waals surface area contributed by atoms with Crippen LogP contribution in [0.15, 0.2) is 11.6 Å². The van der Waals surface area contributed by atoms with E-state index in [1.807, 2.05) is 0 Å². The van der Waals surface area contributed by atoms with E-state index in [0.717, 1.165) is 49.4 Å². The fourth-order valence-corrected chi connectivity index (χ4v) is 8.18. The van der Waals surface area contributed by atoms with Crippen LogP contribution in [0.2, 0.25) is 0 Å². The molecule has 0 bridgehead atoms. The van der Waals surface area contributed by atoms with Crippen molar-refractivity contribution < 1.29 is 4.79 Å². The standard InChI is InChI=1S/C25H37NO/c1-4-17-15-20-21-9-8-18(7-5-6-14-26)24(21,2)13-11-22(20)25(3)12-10-19(27)16-23(17)25/h16-18,20-22H,4-13,15H2,1-3H3. The van der Waals surface area contributed by atoms with Gasteiger partial charge in [0.1, 0.15) is 0 Å². The van der Waals surface area contributed by atoms with E-state index >= 15 is 0 Å². The molecule has 0 saturated heterocycles. The van der Waals surface area contributed by atoms with Crippen molar-refractivity contribution in [2.24, 2.45) is 40.4 Å². The summed E-state index contributed by atoms with van der Waals surface area (Å²) in [6, 6.07) is 2.34. The van der Waals surface area contributed by atoms with Gasteiger partial charge in [0.15, 0.2) is 5.78 Å². The summed E-state index contributed by atoms with van der Waals surface area (Å²) in [6.07, 6.45) is 15.0. The van der Waals surface area contributed by atoms with E-state index < -0.39 is 0 Å². The molecule has 0 aliphatic heterocycles. The van der Waals surface area contributed by atoms with Crippen LogP contribution in [0.25, 0.3) is 0 Å². The molecule has 0 N–H and O–H groups in total. The van der Waals surface area contributed by atoms with E-state index in [1.54, 1.807) is 0 Å². The molecule has 2 nitrogen and oxygen atoms in total. The summed E-state index contributed by atoms with van der Waals surface area (Å²) in [5, 5.41) is 8.93. The monoisotopic (exact) mass is 367 g/mol. The Bertz CT molecular complexity index is 672. The van der Waals surface area contributed by atoms with Gasteiger partial charge >= 0.3 is 0 Å². The molecule has 0 aromatic rings. The first kappa shape index (κ1) is 19.2. The summed E-state index contributed by atoms with van der Waals surface area (Å²) in [7, 11) is 0. The molecule has 4 rings (SSSR count). The fraction of sp³-hybridized carbons (Fsp3) is 0.840. The highest BCUT2D eigenvalue weighted by Gasteiger charge is 2.59. The maximum atomic E-state index is 12.2. The Morgan fingerprint density at radius 3 is 2.74 bits per heavy atom. The SMILES string of the molecule is CCC1CC2C(CCC3(C)C(CCCC#N)CCC23)C2(C)CCC(=O)C=C12. The molecule has 0 radical (unpaired) electrons. The predicted octanol–water partition coefficient (Wildman–Crippen LogP) is 6.46. The van der Waals surface area contributed by atoms with Gasteiger partial charge in [-0.25, -0.2) is 0 Å². The van der Waals surface area contributed by atoms with Gasteiger partial charge in [0.25, 0.3) is 0 Å². The Kier molecular flexibility index (Phi) is 5.02. The second kappa shape index (κ2) is 7.06. The number of nitriles is 1. The van der Waals surface area contributed by atoms with Crippen molar-refractivity contribution in [2.45, 2.75) is 91.4 Å². The second-order valence-corrected chi connectivity index (χ2v) is 10.6. The maximum Gasteiger partial charge on any atom is 0.155 e. The van der Waals surface area contributed by atoms with Gasteiger partial charge < -0.3 is 0 Å². The molecule has 2 heteroatoms.